The number of carboxylic acid groups (broad SMARTS) is 1. The maximum absolute atomic E-state index is 12.3. The van der Waals surface area contributed by atoms with E-state index in [9.17, 15) is 21.6 Å². The summed E-state index contributed by atoms with van der Waals surface area (Å²) in [6.07, 6.45) is -2.53. The molecule has 0 saturated carbocycles. The maximum atomic E-state index is 12.3. The number of nitrogens with zero attached hydrogens (tertiary/aromatic N) is 1. The second-order valence-corrected chi connectivity index (χ2v) is 8.71. The van der Waals surface area contributed by atoms with Gasteiger partial charge in [0.05, 0.1) is 15.6 Å². The molecule has 1 unspecified atom stereocenters. The van der Waals surface area contributed by atoms with E-state index in [4.69, 9.17) is 21.5 Å². The summed E-state index contributed by atoms with van der Waals surface area (Å²) >= 11 is 7.43. The first-order valence-corrected chi connectivity index (χ1v) is 10.7. The fourth-order valence-corrected chi connectivity index (χ4v) is 4.34. The Morgan fingerprint density at radius 2 is 2.07 bits per heavy atom. The van der Waals surface area contributed by atoms with Crippen molar-refractivity contribution in [2.24, 2.45) is 0 Å². The molecule has 1 fully saturated rings. The lowest BCUT2D eigenvalue weighted by Crippen LogP contribution is -2.22. The number of anilines is 2. The molecule has 14 heteroatoms. The van der Waals surface area contributed by atoms with Gasteiger partial charge in [0.25, 0.3) is 10.0 Å². The van der Waals surface area contributed by atoms with E-state index in [0.717, 1.165) is 25.2 Å². The van der Waals surface area contributed by atoms with Crippen LogP contribution in [0.4, 0.5) is 24.0 Å². The predicted octanol–water partition coefficient (Wildman–Crippen LogP) is 3.00. The van der Waals surface area contributed by atoms with Crippen molar-refractivity contribution in [1.29, 1.82) is 0 Å². The highest BCUT2D eigenvalue weighted by molar-refractivity contribution is 7.93. The Kier molecular flexibility index (Phi) is 7.68. The maximum Gasteiger partial charge on any atom is 0.490 e. The van der Waals surface area contributed by atoms with Crippen LogP contribution in [0.3, 0.4) is 0 Å². The first kappa shape index (κ1) is 23.2. The molecule has 0 radical (unpaired) electrons. The fourth-order valence-electron chi connectivity index (χ4n) is 2.23. The molecule has 1 aliphatic rings. The number of aliphatic carboxylic acids is 1. The highest BCUT2D eigenvalue weighted by Crippen LogP contribution is 2.27. The molecule has 0 spiro atoms. The molecular weight excluding hydrogens is 457 g/mol. The average Bonchev–Trinajstić information content (AvgIpc) is 3.30. The number of alkyl halides is 3. The van der Waals surface area contributed by atoms with Gasteiger partial charge in [-0.25, -0.2) is 18.2 Å². The standard InChI is InChI=1S/C13H15ClN4O2S2.C2HF3O2/c14-11-7-10(22(19,20)18-13-16-5-6-21-13)1-2-12(11)17-9-3-4-15-8-9;3-2(4,5)1(6)7/h1-2,5-7,9,15,17H,3-4,8H2,(H,16,18);(H,6,7). The SMILES string of the molecule is O=C(O)C(F)(F)F.O=S(=O)(Nc1nccs1)c1ccc(NC2CCNC2)c(Cl)c1. The van der Waals surface area contributed by atoms with Gasteiger partial charge in [-0.2, -0.15) is 13.2 Å². The first-order valence-electron chi connectivity index (χ1n) is 7.98. The van der Waals surface area contributed by atoms with Crippen LogP contribution in [0.2, 0.25) is 5.02 Å². The van der Waals surface area contributed by atoms with Crippen molar-refractivity contribution in [3.05, 3.63) is 34.8 Å². The first-order chi connectivity index (χ1) is 13.5. The summed E-state index contributed by atoms with van der Waals surface area (Å²) in [4.78, 5) is 12.9. The Morgan fingerprint density at radius 1 is 1.38 bits per heavy atom. The minimum Gasteiger partial charge on any atom is -0.475 e. The molecule has 1 saturated heterocycles. The van der Waals surface area contributed by atoms with Crippen LogP contribution in [0.1, 0.15) is 6.42 Å². The van der Waals surface area contributed by atoms with E-state index < -0.39 is 22.2 Å². The number of sulfonamides is 1. The Morgan fingerprint density at radius 3 is 2.55 bits per heavy atom. The molecule has 4 N–H and O–H groups in total. The molecule has 3 rings (SSSR count). The quantitative estimate of drug-likeness (QED) is 0.528. The molecule has 1 atom stereocenters. The molecule has 2 heterocycles. The Balaban J connectivity index is 0.000000370. The lowest BCUT2D eigenvalue weighted by molar-refractivity contribution is -0.192. The van der Waals surface area contributed by atoms with Crippen molar-refractivity contribution in [2.45, 2.75) is 23.5 Å². The van der Waals surface area contributed by atoms with Gasteiger partial charge in [-0.15, -0.1) is 11.3 Å². The molecular formula is C15H16ClF3N4O4S2. The minimum atomic E-state index is -5.08. The summed E-state index contributed by atoms with van der Waals surface area (Å²) in [6, 6.07) is 4.99. The van der Waals surface area contributed by atoms with Crippen LogP contribution in [-0.4, -0.2) is 49.8 Å². The van der Waals surface area contributed by atoms with E-state index in [-0.39, 0.29) is 4.90 Å². The number of halogens is 4. The molecule has 160 valence electrons. The van der Waals surface area contributed by atoms with Crippen LogP contribution < -0.4 is 15.4 Å². The van der Waals surface area contributed by atoms with Crippen molar-refractivity contribution in [3.63, 3.8) is 0 Å². The lowest BCUT2D eigenvalue weighted by Gasteiger charge is -2.15. The molecule has 0 amide bonds. The number of benzene rings is 1. The third-order valence-electron chi connectivity index (χ3n) is 3.57. The Bertz CT molecular complexity index is 934. The Labute approximate surface area is 173 Å². The smallest absolute Gasteiger partial charge is 0.475 e. The summed E-state index contributed by atoms with van der Waals surface area (Å²) in [5.41, 5.74) is 0.739. The predicted molar refractivity (Wildman–Crippen MR) is 103 cm³/mol. The number of hydrogen-bond acceptors (Lipinski definition) is 7. The molecule has 29 heavy (non-hydrogen) atoms. The van der Waals surface area contributed by atoms with E-state index in [2.05, 4.69) is 20.3 Å². The highest BCUT2D eigenvalue weighted by Gasteiger charge is 2.38. The molecule has 1 aromatic carbocycles. The Hall–Kier alpha value is -2.09. The lowest BCUT2D eigenvalue weighted by atomic mass is 10.2. The zero-order valence-corrected chi connectivity index (χ0v) is 16.9. The zero-order valence-electron chi connectivity index (χ0n) is 14.5. The van der Waals surface area contributed by atoms with Gasteiger partial charge in [0, 0.05) is 24.2 Å². The third kappa shape index (κ3) is 7.03. The molecule has 0 aliphatic carbocycles. The molecule has 1 aromatic heterocycles. The van der Waals surface area contributed by atoms with Crippen molar-refractivity contribution in [2.75, 3.05) is 23.1 Å². The van der Waals surface area contributed by atoms with Crippen LogP contribution in [0, 0.1) is 0 Å². The number of hydrogen-bond donors (Lipinski definition) is 4. The second-order valence-electron chi connectivity index (χ2n) is 5.72. The molecule has 2 aromatic rings. The van der Waals surface area contributed by atoms with Crippen LogP contribution in [0.5, 0.6) is 0 Å². The van der Waals surface area contributed by atoms with Crippen LogP contribution in [0.15, 0.2) is 34.7 Å². The van der Waals surface area contributed by atoms with Crippen molar-refractivity contribution >= 4 is 49.7 Å². The normalized spacial score (nSPS) is 16.6. The number of carboxylic acids is 1. The van der Waals surface area contributed by atoms with Crippen LogP contribution in [0.25, 0.3) is 0 Å². The van der Waals surface area contributed by atoms with Crippen molar-refractivity contribution < 1.29 is 31.5 Å². The highest BCUT2D eigenvalue weighted by atomic mass is 35.5. The van der Waals surface area contributed by atoms with Crippen molar-refractivity contribution in [1.82, 2.24) is 10.3 Å². The van der Waals surface area contributed by atoms with Gasteiger partial charge in [-0.05, 0) is 31.2 Å². The molecule has 8 nitrogen and oxygen atoms in total. The van der Waals surface area contributed by atoms with Gasteiger partial charge in [-0.1, -0.05) is 11.6 Å². The summed E-state index contributed by atoms with van der Waals surface area (Å²) < 4.78 is 58.7. The summed E-state index contributed by atoms with van der Waals surface area (Å²) in [5.74, 6) is -2.76. The number of carbonyl (C=O) groups is 1. The number of aromatic nitrogens is 1. The number of thiazole rings is 1. The van der Waals surface area contributed by atoms with Gasteiger partial charge in [0.15, 0.2) is 5.13 Å². The largest absolute Gasteiger partial charge is 0.490 e. The minimum absolute atomic E-state index is 0.114. The number of nitrogens with one attached hydrogen (secondary N) is 3. The summed E-state index contributed by atoms with van der Waals surface area (Å²) in [6.45, 7) is 1.85. The van der Waals surface area contributed by atoms with Crippen LogP contribution in [-0.2, 0) is 14.8 Å². The van der Waals surface area contributed by atoms with Gasteiger partial charge in [0.2, 0.25) is 0 Å². The zero-order chi connectivity index (χ0) is 21.7. The summed E-state index contributed by atoms with van der Waals surface area (Å²) in [7, 11) is -3.68. The van der Waals surface area contributed by atoms with E-state index in [1.54, 1.807) is 11.4 Å². The second kappa shape index (κ2) is 9.61. The van der Waals surface area contributed by atoms with E-state index in [1.807, 2.05) is 0 Å². The van der Waals surface area contributed by atoms with Gasteiger partial charge in [-0.3, -0.25) is 4.72 Å². The summed E-state index contributed by atoms with van der Waals surface area (Å²) in [5, 5.41) is 16.1. The third-order valence-corrected chi connectivity index (χ3v) is 6.03. The van der Waals surface area contributed by atoms with E-state index in [1.165, 1.54) is 29.7 Å². The van der Waals surface area contributed by atoms with E-state index in [0.29, 0.717) is 16.2 Å². The fraction of sp³-hybridized carbons (Fsp3) is 0.333. The van der Waals surface area contributed by atoms with Gasteiger partial charge < -0.3 is 15.7 Å². The topological polar surface area (TPSA) is 120 Å². The molecule has 0 bridgehead atoms. The monoisotopic (exact) mass is 472 g/mol. The van der Waals surface area contributed by atoms with E-state index >= 15 is 0 Å². The van der Waals surface area contributed by atoms with Gasteiger partial charge in [0.1, 0.15) is 0 Å². The molecule has 1 aliphatic heterocycles. The van der Waals surface area contributed by atoms with Crippen LogP contribution >= 0.6 is 22.9 Å². The van der Waals surface area contributed by atoms with Crippen molar-refractivity contribution in [3.8, 4) is 0 Å². The van der Waals surface area contributed by atoms with Gasteiger partial charge >= 0.3 is 12.1 Å². The average molecular weight is 473 g/mol. The number of rotatable bonds is 5.